The summed E-state index contributed by atoms with van der Waals surface area (Å²) in [7, 11) is 1.73. The molecule has 0 aliphatic heterocycles. The van der Waals surface area contributed by atoms with E-state index in [2.05, 4.69) is 20.3 Å². The average Bonchev–Trinajstić information content (AvgIpc) is 2.42. The highest BCUT2D eigenvalue weighted by atomic mass is 16.5. The Hall–Kier alpha value is -2.37. The highest BCUT2D eigenvalue weighted by Crippen LogP contribution is 2.24. The van der Waals surface area contributed by atoms with Crippen molar-refractivity contribution >= 4 is 5.95 Å². The molecular weight excluding hydrogens is 256 g/mol. The van der Waals surface area contributed by atoms with Gasteiger partial charge in [-0.25, -0.2) is 0 Å². The van der Waals surface area contributed by atoms with Crippen LogP contribution < -0.4 is 14.8 Å². The number of aromatic nitrogens is 3. The molecule has 2 aromatic rings. The summed E-state index contributed by atoms with van der Waals surface area (Å²) in [5, 5.41) is 2.85. The fourth-order valence-electron chi connectivity index (χ4n) is 1.70. The molecule has 0 atom stereocenters. The number of aryl methyl sites for hydroxylation is 2. The fraction of sp³-hybridized carbons (Fsp3) is 0.357. The van der Waals surface area contributed by atoms with Crippen LogP contribution in [0.1, 0.15) is 18.1 Å². The third kappa shape index (κ3) is 3.34. The molecule has 1 aromatic heterocycles. The zero-order chi connectivity index (χ0) is 14.5. The Labute approximate surface area is 118 Å². The second kappa shape index (κ2) is 6.18. The number of anilines is 1. The van der Waals surface area contributed by atoms with E-state index in [1.54, 1.807) is 7.05 Å². The summed E-state index contributed by atoms with van der Waals surface area (Å²) in [6.07, 6.45) is 0. The number of nitrogens with one attached hydrogen (secondary N) is 1. The first-order chi connectivity index (χ1) is 9.62. The van der Waals surface area contributed by atoms with Crippen molar-refractivity contribution in [3.8, 4) is 17.8 Å². The Morgan fingerprint density at radius 2 is 1.85 bits per heavy atom. The first-order valence-electron chi connectivity index (χ1n) is 6.44. The lowest BCUT2D eigenvalue weighted by molar-refractivity contribution is 0.303. The summed E-state index contributed by atoms with van der Waals surface area (Å²) < 4.78 is 11.0. The van der Waals surface area contributed by atoms with E-state index < -0.39 is 0 Å². The molecule has 1 aromatic carbocycles. The molecule has 0 amide bonds. The van der Waals surface area contributed by atoms with Gasteiger partial charge in [0.25, 0.3) is 0 Å². The summed E-state index contributed by atoms with van der Waals surface area (Å²) in [4.78, 5) is 12.4. The second-order valence-electron chi connectivity index (χ2n) is 4.28. The monoisotopic (exact) mass is 274 g/mol. The molecule has 0 bridgehead atoms. The van der Waals surface area contributed by atoms with Gasteiger partial charge < -0.3 is 14.8 Å². The number of ether oxygens (including phenoxy) is 2. The summed E-state index contributed by atoms with van der Waals surface area (Å²) in [5.74, 6) is 1.12. The van der Waals surface area contributed by atoms with Crippen molar-refractivity contribution in [2.75, 3.05) is 19.0 Å². The number of hydrogen-bond donors (Lipinski definition) is 1. The van der Waals surface area contributed by atoms with E-state index in [9.17, 15) is 0 Å². The Bertz CT molecular complexity index is 602. The van der Waals surface area contributed by atoms with E-state index in [-0.39, 0.29) is 12.0 Å². The van der Waals surface area contributed by atoms with Crippen molar-refractivity contribution in [3.63, 3.8) is 0 Å². The van der Waals surface area contributed by atoms with Gasteiger partial charge in [0, 0.05) is 7.05 Å². The lowest BCUT2D eigenvalue weighted by atomic mass is 10.1. The molecule has 6 heteroatoms. The predicted molar refractivity (Wildman–Crippen MR) is 76.5 cm³/mol. The maximum absolute atomic E-state index is 5.71. The summed E-state index contributed by atoms with van der Waals surface area (Å²) in [6, 6.07) is 6.37. The fourth-order valence-corrected chi connectivity index (χ4v) is 1.70. The van der Waals surface area contributed by atoms with Gasteiger partial charge in [0.1, 0.15) is 5.75 Å². The van der Waals surface area contributed by atoms with Crippen LogP contribution in [-0.2, 0) is 0 Å². The molecule has 1 N–H and O–H groups in total. The van der Waals surface area contributed by atoms with Crippen molar-refractivity contribution < 1.29 is 9.47 Å². The minimum absolute atomic E-state index is 0.208. The molecule has 0 unspecified atom stereocenters. The van der Waals surface area contributed by atoms with Crippen LogP contribution >= 0.6 is 0 Å². The van der Waals surface area contributed by atoms with Crippen LogP contribution in [0.5, 0.6) is 17.8 Å². The molecule has 106 valence electrons. The molecule has 1 heterocycles. The Morgan fingerprint density at radius 1 is 1.10 bits per heavy atom. The maximum Gasteiger partial charge on any atom is 0.330 e. The van der Waals surface area contributed by atoms with Crippen molar-refractivity contribution in [3.05, 3.63) is 29.3 Å². The zero-order valence-corrected chi connectivity index (χ0v) is 12.1. The van der Waals surface area contributed by atoms with Crippen molar-refractivity contribution in [1.29, 1.82) is 0 Å². The standard InChI is InChI=1S/C14H18N4O2/c1-5-19-13-16-12(15-4)17-14(18-13)20-11-7-6-9(2)8-10(11)3/h6-8H,5H2,1-4H3,(H,15,16,17,18). The highest BCUT2D eigenvalue weighted by molar-refractivity contribution is 5.38. The summed E-state index contributed by atoms with van der Waals surface area (Å²) in [6.45, 7) is 6.36. The van der Waals surface area contributed by atoms with E-state index >= 15 is 0 Å². The van der Waals surface area contributed by atoms with Crippen molar-refractivity contribution in [1.82, 2.24) is 15.0 Å². The number of nitrogens with zero attached hydrogens (tertiary/aromatic N) is 3. The lowest BCUT2D eigenvalue weighted by Gasteiger charge is -2.09. The van der Waals surface area contributed by atoms with E-state index in [1.165, 1.54) is 5.56 Å². The predicted octanol–water partition coefficient (Wildman–Crippen LogP) is 2.72. The molecule has 0 saturated carbocycles. The lowest BCUT2D eigenvalue weighted by Crippen LogP contribution is -2.05. The smallest absolute Gasteiger partial charge is 0.330 e. The van der Waals surface area contributed by atoms with Gasteiger partial charge in [-0.1, -0.05) is 17.7 Å². The van der Waals surface area contributed by atoms with Gasteiger partial charge in [-0.2, -0.15) is 9.97 Å². The van der Waals surface area contributed by atoms with Gasteiger partial charge in [0.05, 0.1) is 6.61 Å². The van der Waals surface area contributed by atoms with Gasteiger partial charge in [-0.05, 0) is 32.4 Å². The minimum Gasteiger partial charge on any atom is -0.464 e. The minimum atomic E-state index is 0.208. The average molecular weight is 274 g/mol. The molecule has 0 radical (unpaired) electrons. The zero-order valence-electron chi connectivity index (χ0n) is 12.1. The highest BCUT2D eigenvalue weighted by Gasteiger charge is 2.09. The van der Waals surface area contributed by atoms with Gasteiger partial charge in [-0.3, -0.25) is 0 Å². The van der Waals surface area contributed by atoms with E-state index in [0.29, 0.717) is 18.3 Å². The SMILES string of the molecule is CCOc1nc(NC)nc(Oc2ccc(C)cc2C)n1. The van der Waals surface area contributed by atoms with E-state index in [1.807, 2.05) is 39.0 Å². The second-order valence-corrected chi connectivity index (χ2v) is 4.28. The number of rotatable bonds is 5. The number of hydrogen-bond acceptors (Lipinski definition) is 6. The molecule has 0 spiro atoms. The van der Waals surface area contributed by atoms with Crippen LogP contribution in [0.3, 0.4) is 0 Å². The van der Waals surface area contributed by atoms with Crippen molar-refractivity contribution in [2.45, 2.75) is 20.8 Å². The van der Waals surface area contributed by atoms with Crippen LogP contribution in [-0.4, -0.2) is 28.6 Å². The van der Waals surface area contributed by atoms with Crippen LogP contribution in [0.25, 0.3) is 0 Å². The molecule has 20 heavy (non-hydrogen) atoms. The van der Waals surface area contributed by atoms with Gasteiger partial charge >= 0.3 is 12.0 Å². The molecule has 2 rings (SSSR count). The number of benzene rings is 1. The van der Waals surface area contributed by atoms with E-state index in [0.717, 1.165) is 5.56 Å². The third-order valence-corrected chi connectivity index (χ3v) is 2.62. The third-order valence-electron chi connectivity index (χ3n) is 2.62. The first kappa shape index (κ1) is 14.0. The molecule has 0 aliphatic carbocycles. The molecule has 0 fully saturated rings. The van der Waals surface area contributed by atoms with Gasteiger partial charge in [0.2, 0.25) is 5.95 Å². The summed E-state index contributed by atoms with van der Waals surface area (Å²) >= 11 is 0. The van der Waals surface area contributed by atoms with Crippen LogP contribution in [0.2, 0.25) is 0 Å². The Kier molecular flexibility index (Phi) is 4.34. The van der Waals surface area contributed by atoms with Crippen LogP contribution in [0, 0.1) is 13.8 Å². The molecular formula is C14H18N4O2. The van der Waals surface area contributed by atoms with Gasteiger partial charge in [0.15, 0.2) is 0 Å². The summed E-state index contributed by atoms with van der Waals surface area (Å²) in [5.41, 5.74) is 2.20. The maximum atomic E-state index is 5.71. The molecule has 0 saturated heterocycles. The quantitative estimate of drug-likeness (QED) is 0.904. The molecule has 0 aliphatic rings. The van der Waals surface area contributed by atoms with E-state index in [4.69, 9.17) is 9.47 Å². The largest absolute Gasteiger partial charge is 0.464 e. The van der Waals surface area contributed by atoms with Crippen molar-refractivity contribution in [2.24, 2.45) is 0 Å². The first-order valence-corrected chi connectivity index (χ1v) is 6.44. The van der Waals surface area contributed by atoms with Crippen LogP contribution in [0.4, 0.5) is 5.95 Å². The van der Waals surface area contributed by atoms with Gasteiger partial charge in [-0.15, -0.1) is 4.98 Å². The Balaban J connectivity index is 2.29. The van der Waals surface area contributed by atoms with Crippen LogP contribution in [0.15, 0.2) is 18.2 Å². The topological polar surface area (TPSA) is 69.2 Å². The normalized spacial score (nSPS) is 10.2. The Morgan fingerprint density at radius 3 is 2.50 bits per heavy atom. The molecule has 6 nitrogen and oxygen atoms in total.